The molecule has 0 atom stereocenters. The standard InChI is InChI=1S/C50H48N6O4/c1-49(2,3)39-25-35(31-7-15-41(51)16-8-31)23-37(27-39)33-11-19-43(20-12-33)53-45-29-46(48(56(59)60)30-47(45)55(57)58)54-44-21-13-34(14-22-44)38-24-36(26-40(28-38)50(4,5)6)32-9-17-42(52)18-10-32/h7-30,53-54H,51-52H2,1-6H3. The highest BCUT2D eigenvalue weighted by Gasteiger charge is 2.26. The van der Waals surface area contributed by atoms with Crippen LogP contribution in [-0.2, 0) is 10.8 Å². The quantitative estimate of drug-likeness (QED) is 0.0604. The van der Waals surface area contributed by atoms with Crippen LogP contribution in [0.15, 0.2) is 146 Å². The van der Waals surface area contributed by atoms with Crippen LogP contribution >= 0.6 is 0 Å². The Balaban J connectivity index is 1.18. The lowest BCUT2D eigenvalue weighted by molar-refractivity contribution is -0.393. The van der Waals surface area contributed by atoms with Crippen LogP contribution in [0.1, 0.15) is 52.7 Å². The second kappa shape index (κ2) is 16.1. The topological polar surface area (TPSA) is 162 Å². The molecule has 0 bridgehead atoms. The molecule has 60 heavy (non-hydrogen) atoms. The maximum atomic E-state index is 12.3. The van der Waals surface area contributed by atoms with Crippen LogP contribution in [0, 0.1) is 20.2 Å². The lowest BCUT2D eigenvalue weighted by atomic mass is 9.83. The van der Waals surface area contributed by atoms with Gasteiger partial charge in [0.2, 0.25) is 0 Å². The summed E-state index contributed by atoms with van der Waals surface area (Å²) in [6.45, 7) is 13.0. The van der Waals surface area contributed by atoms with Gasteiger partial charge in [-0.3, -0.25) is 20.2 Å². The maximum absolute atomic E-state index is 12.3. The monoisotopic (exact) mass is 796 g/mol. The summed E-state index contributed by atoms with van der Waals surface area (Å²) in [6.07, 6.45) is 0. The van der Waals surface area contributed by atoms with Crippen molar-refractivity contribution in [3.63, 3.8) is 0 Å². The Hall–Kier alpha value is -7.46. The first kappa shape index (κ1) is 40.7. The largest absolute Gasteiger partial charge is 0.399 e. The molecule has 0 aliphatic carbocycles. The third kappa shape index (κ3) is 9.13. The molecule has 0 heterocycles. The lowest BCUT2D eigenvalue weighted by Gasteiger charge is -2.22. The first-order chi connectivity index (χ1) is 28.4. The molecule has 0 aliphatic heterocycles. The number of hydrogen-bond acceptors (Lipinski definition) is 8. The zero-order chi connectivity index (χ0) is 42.9. The third-order valence-corrected chi connectivity index (χ3v) is 10.6. The van der Waals surface area contributed by atoms with Gasteiger partial charge in [0.15, 0.2) is 0 Å². The highest BCUT2D eigenvalue weighted by atomic mass is 16.6. The average molecular weight is 797 g/mol. The minimum absolute atomic E-state index is 0.104. The molecular formula is C50H48N6O4. The molecule has 0 fully saturated rings. The third-order valence-electron chi connectivity index (χ3n) is 10.6. The summed E-state index contributed by atoms with van der Waals surface area (Å²) in [4.78, 5) is 23.3. The van der Waals surface area contributed by atoms with E-state index in [-0.39, 0.29) is 22.2 Å². The lowest BCUT2D eigenvalue weighted by Crippen LogP contribution is -2.11. The molecular weight excluding hydrogens is 749 g/mol. The SMILES string of the molecule is CC(C)(C)c1cc(-c2ccc(N)cc2)cc(-c2ccc(Nc3cc(Nc4ccc(-c5cc(-c6ccc(N)cc6)cc(C(C)(C)C)c5)cc4)c([N+](=O)[O-])cc3[N+](=O)[O-])cc2)c1. The van der Waals surface area contributed by atoms with E-state index in [1.807, 2.05) is 97.1 Å². The van der Waals surface area contributed by atoms with E-state index >= 15 is 0 Å². The predicted molar refractivity (Wildman–Crippen MR) is 247 cm³/mol. The van der Waals surface area contributed by atoms with E-state index in [1.54, 1.807) is 0 Å². The molecule has 0 aromatic heterocycles. The van der Waals surface area contributed by atoms with E-state index < -0.39 is 21.2 Å². The van der Waals surface area contributed by atoms with Gasteiger partial charge in [-0.2, -0.15) is 0 Å². The molecule has 302 valence electrons. The van der Waals surface area contributed by atoms with Gasteiger partial charge in [0.1, 0.15) is 11.4 Å². The molecule has 7 aromatic rings. The van der Waals surface area contributed by atoms with Gasteiger partial charge >= 0.3 is 0 Å². The Morgan fingerprint density at radius 3 is 0.950 bits per heavy atom. The van der Waals surface area contributed by atoms with Gasteiger partial charge in [0.05, 0.1) is 15.9 Å². The van der Waals surface area contributed by atoms with E-state index in [2.05, 4.69) is 88.6 Å². The number of nitro groups is 2. The molecule has 0 amide bonds. The normalized spacial score (nSPS) is 11.6. The van der Waals surface area contributed by atoms with Crippen molar-refractivity contribution < 1.29 is 9.85 Å². The van der Waals surface area contributed by atoms with Gasteiger partial charge in [0, 0.05) is 22.7 Å². The highest BCUT2D eigenvalue weighted by Crippen LogP contribution is 2.41. The van der Waals surface area contributed by atoms with Crippen LogP contribution < -0.4 is 22.1 Å². The van der Waals surface area contributed by atoms with Crippen molar-refractivity contribution >= 4 is 45.5 Å². The molecule has 0 radical (unpaired) electrons. The van der Waals surface area contributed by atoms with Crippen LogP contribution in [0.2, 0.25) is 0 Å². The van der Waals surface area contributed by atoms with Gasteiger partial charge < -0.3 is 22.1 Å². The van der Waals surface area contributed by atoms with Crippen molar-refractivity contribution in [2.75, 3.05) is 22.1 Å². The molecule has 7 aromatic carbocycles. The van der Waals surface area contributed by atoms with Crippen molar-refractivity contribution in [1.29, 1.82) is 0 Å². The van der Waals surface area contributed by atoms with Gasteiger partial charge in [-0.15, -0.1) is 0 Å². The van der Waals surface area contributed by atoms with Crippen molar-refractivity contribution in [3.8, 4) is 44.5 Å². The maximum Gasteiger partial charge on any atom is 0.299 e. The Labute approximate surface area is 350 Å². The molecule has 10 nitrogen and oxygen atoms in total. The van der Waals surface area contributed by atoms with E-state index in [1.165, 1.54) is 17.2 Å². The molecule has 0 aliphatic rings. The second-order valence-electron chi connectivity index (χ2n) is 17.1. The Kier molecular flexibility index (Phi) is 10.9. The fourth-order valence-corrected chi connectivity index (χ4v) is 7.02. The molecule has 10 heteroatoms. The van der Waals surface area contributed by atoms with Crippen LogP contribution in [0.3, 0.4) is 0 Å². The molecule has 0 saturated heterocycles. The minimum atomic E-state index is -0.622. The second-order valence-corrected chi connectivity index (χ2v) is 17.1. The number of nitrogen functional groups attached to an aromatic ring is 2. The number of nitrogens with zero attached hydrogens (tertiary/aromatic N) is 2. The Morgan fingerprint density at radius 2 is 0.683 bits per heavy atom. The van der Waals surface area contributed by atoms with E-state index in [0.717, 1.165) is 50.6 Å². The van der Waals surface area contributed by atoms with Gasteiger partial charge in [0.25, 0.3) is 11.4 Å². The van der Waals surface area contributed by atoms with E-state index in [9.17, 15) is 20.2 Å². The van der Waals surface area contributed by atoms with Crippen molar-refractivity contribution in [2.24, 2.45) is 0 Å². The van der Waals surface area contributed by atoms with Crippen LogP contribution in [0.5, 0.6) is 0 Å². The predicted octanol–water partition coefficient (Wildman–Crippen LogP) is 13.4. The zero-order valence-corrected chi connectivity index (χ0v) is 34.5. The van der Waals surface area contributed by atoms with Crippen LogP contribution in [0.4, 0.5) is 45.5 Å². The van der Waals surface area contributed by atoms with Gasteiger partial charge in [-0.05, 0) is 133 Å². The van der Waals surface area contributed by atoms with Crippen molar-refractivity contribution in [2.45, 2.75) is 52.4 Å². The summed E-state index contributed by atoms with van der Waals surface area (Å²) < 4.78 is 0. The molecule has 0 unspecified atom stereocenters. The van der Waals surface area contributed by atoms with Gasteiger partial charge in [-0.25, -0.2) is 0 Å². The molecule has 7 rings (SSSR count). The average Bonchev–Trinajstić information content (AvgIpc) is 3.21. The summed E-state index contributed by atoms with van der Waals surface area (Å²) in [5, 5.41) is 30.8. The number of anilines is 6. The number of benzene rings is 7. The number of hydrogen-bond donors (Lipinski definition) is 4. The number of nitro benzene ring substituents is 2. The molecule has 0 spiro atoms. The fourth-order valence-electron chi connectivity index (χ4n) is 7.02. The number of rotatable bonds is 10. The first-order valence-corrected chi connectivity index (χ1v) is 19.7. The minimum Gasteiger partial charge on any atom is -0.399 e. The van der Waals surface area contributed by atoms with Gasteiger partial charge in [-0.1, -0.05) is 114 Å². The number of nitrogens with two attached hydrogens (primary N) is 2. The molecule has 6 N–H and O–H groups in total. The Bertz CT molecular complexity index is 2530. The van der Waals surface area contributed by atoms with Crippen LogP contribution in [0.25, 0.3) is 44.5 Å². The zero-order valence-electron chi connectivity index (χ0n) is 34.5. The summed E-state index contributed by atoms with van der Waals surface area (Å²) in [5.41, 5.74) is 24.1. The first-order valence-electron chi connectivity index (χ1n) is 19.7. The fraction of sp³-hybridized carbons (Fsp3) is 0.160. The molecule has 0 saturated carbocycles. The summed E-state index contributed by atoms with van der Waals surface area (Å²) >= 11 is 0. The summed E-state index contributed by atoms with van der Waals surface area (Å²) in [7, 11) is 0. The van der Waals surface area contributed by atoms with Crippen molar-refractivity contribution in [3.05, 3.63) is 177 Å². The summed E-state index contributed by atoms with van der Waals surface area (Å²) in [5.74, 6) is 0. The smallest absolute Gasteiger partial charge is 0.299 e. The number of nitrogens with one attached hydrogen (secondary N) is 2. The van der Waals surface area contributed by atoms with Crippen molar-refractivity contribution in [1.82, 2.24) is 0 Å². The highest BCUT2D eigenvalue weighted by molar-refractivity contribution is 5.84. The van der Waals surface area contributed by atoms with Crippen LogP contribution in [-0.4, -0.2) is 9.85 Å². The van der Waals surface area contributed by atoms with E-state index in [0.29, 0.717) is 22.7 Å². The summed E-state index contributed by atoms with van der Waals surface area (Å²) in [6, 6.07) is 46.2. The Morgan fingerprint density at radius 1 is 0.400 bits per heavy atom. The van der Waals surface area contributed by atoms with E-state index in [4.69, 9.17) is 11.5 Å².